The monoisotopic (exact) mass is 373 g/mol. The van der Waals surface area contributed by atoms with Crippen molar-refractivity contribution in [3.8, 4) is 5.75 Å². The van der Waals surface area contributed by atoms with Crippen LogP contribution in [0.5, 0.6) is 5.75 Å². The van der Waals surface area contributed by atoms with Crippen LogP contribution in [0, 0.1) is 0 Å². The fourth-order valence-corrected chi connectivity index (χ4v) is 3.01. The van der Waals surface area contributed by atoms with Crippen molar-refractivity contribution in [3.05, 3.63) is 53.4 Å². The van der Waals surface area contributed by atoms with E-state index in [9.17, 15) is 9.59 Å². The highest BCUT2D eigenvalue weighted by atomic mass is 16.5. The van der Waals surface area contributed by atoms with E-state index in [2.05, 4.69) is 0 Å². The third-order valence-electron chi connectivity index (χ3n) is 4.24. The molecule has 146 valence electrons. The van der Waals surface area contributed by atoms with E-state index in [-0.39, 0.29) is 0 Å². The SMILES string of the molecule is CCCOc1ccc(C2C(C(=O)OC)=CN(CCC)C=C2C(=O)OC)cc1. The molecular weight excluding hydrogens is 346 g/mol. The highest BCUT2D eigenvalue weighted by Gasteiger charge is 2.35. The van der Waals surface area contributed by atoms with Crippen LogP contribution < -0.4 is 4.74 Å². The third kappa shape index (κ3) is 4.90. The average molecular weight is 373 g/mol. The van der Waals surface area contributed by atoms with Crippen LogP contribution in [-0.4, -0.2) is 44.2 Å². The number of rotatable bonds is 8. The molecule has 0 aromatic heterocycles. The largest absolute Gasteiger partial charge is 0.494 e. The predicted molar refractivity (Wildman–Crippen MR) is 102 cm³/mol. The highest BCUT2D eigenvalue weighted by Crippen LogP contribution is 2.37. The topological polar surface area (TPSA) is 65.1 Å². The van der Waals surface area contributed by atoms with E-state index in [0.717, 1.165) is 24.2 Å². The number of methoxy groups -OCH3 is 2. The Morgan fingerprint density at radius 1 is 0.926 bits per heavy atom. The minimum Gasteiger partial charge on any atom is -0.494 e. The summed E-state index contributed by atoms with van der Waals surface area (Å²) in [6, 6.07) is 7.40. The molecule has 0 radical (unpaired) electrons. The Kier molecular flexibility index (Phi) is 7.46. The molecule has 6 nitrogen and oxygen atoms in total. The second-order valence-corrected chi connectivity index (χ2v) is 6.24. The van der Waals surface area contributed by atoms with Crippen molar-refractivity contribution in [2.75, 3.05) is 27.4 Å². The number of benzene rings is 1. The second kappa shape index (κ2) is 9.80. The maximum Gasteiger partial charge on any atom is 0.336 e. The quantitative estimate of drug-likeness (QED) is 0.651. The van der Waals surface area contributed by atoms with Gasteiger partial charge in [-0.1, -0.05) is 26.0 Å². The molecule has 6 heteroatoms. The summed E-state index contributed by atoms with van der Waals surface area (Å²) in [6.07, 6.45) is 5.27. The van der Waals surface area contributed by atoms with Gasteiger partial charge in [0.25, 0.3) is 0 Å². The van der Waals surface area contributed by atoms with Crippen LogP contribution >= 0.6 is 0 Å². The molecule has 1 aromatic rings. The van der Waals surface area contributed by atoms with Gasteiger partial charge in [0.15, 0.2) is 0 Å². The lowest BCUT2D eigenvalue weighted by Crippen LogP contribution is -2.29. The Balaban J connectivity index is 2.46. The van der Waals surface area contributed by atoms with Crippen molar-refractivity contribution in [2.45, 2.75) is 32.6 Å². The predicted octanol–water partition coefficient (Wildman–Crippen LogP) is 3.40. The first-order valence-corrected chi connectivity index (χ1v) is 9.14. The molecule has 0 fully saturated rings. The van der Waals surface area contributed by atoms with E-state index in [4.69, 9.17) is 14.2 Å². The summed E-state index contributed by atoms with van der Waals surface area (Å²) in [5, 5.41) is 0. The number of nitrogens with zero attached hydrogens (tertiary/aromatic N) is 1. The van der Waals surface area contributed by atoms with Crippen molar-refractivity contribution >= 4 is 11.9 Å². The first-order valence-electron chi connectivity index (χ1n) is 9.14. The summed E-state index contributed by atoms with van der Waals surface area (Å²) < 4.78 is 15.6. The lowest BCUT2D eigenvalue weighted by molar-refractivity contribution is -0.137. The molecule has 1 aromatic carbocycles. The normalized spacial score (nSPS) is 14.3. The zero-order valence-electron chi connectivity index (χ0n) is 16.4. The smallest absolute Gasteiger partial charge is 0.336 e. The van der Waals surface area contributed by atoms with E-state index < -0.39 is 17.9 Å². The molecule has 2 rings (SSSR count). The van der Waals surface area contributed by atoms with E-state index in [1.807, 2.05) is 43.0 Å². The van der Waals surface area contributed by atoms with Crippen molar-refractivity contribution < 1.29 is 23.8 Å². The molecule has 1 aliphatic heterocycles. The van der Waals surface area contributed by atoms with Gasteiger partial charge in [0.2, 0.25) is 0 Å². The molecule has 1 heterocycles. The first-order chi connectivity index (χ1) is 13.0. The minimum atomic E-state index is -0.557. The molecule has 0 unspecified atom stereocenters. The Morgan fingerprint density at radius 2 is 1.48 bits per heavy atom. The molecule has 0 spiro atoms. The van der Waals surface area contributed by atoms with Crippen LogP contribution in [-0.2, 0) is 19.1 Å². The Morgan fingerprint density at radius 3 is 1.93 bits per heavy atom. The van der Waals surface area contributed by atoms with Gasteiger partial charge in [-0.05, 0) is 30.5 Å². The number of hydrogen-bond donors (Lipinski definition) is 0. The Hall–Kier alpha value is -2.76. The summed E-state index contributed by atoms with van der Waals surface area (Å²) in [6.45, 7) is 5.38. The van der Waals surface area contributed by atoms with Gasteiger partial charge in [0, 0.05) is 18.9 Å². The van der Waals surface area contributed by atoms with Crippen LogP contribution in [0.4, 0.5) is 0 Å². The van der Waals surface area contributed by atoms with Gasteiger partial charge in [-0.25, -0.2) is 9.59 Å². The van der Waals surface area contributed by atoms with Gasteiger partial charge in [-0.3, -0.25) is 0 Å². The third-order valence-corrected chi connectivity index (χ3v) is 4.24. The molecule has 27 heavy (non-hydrogen) atoms. The summed E-state index contributed by atoms with van der Waals surface area (Å²) in [4.78, 5) is 26.7. The van der Waals surface area contributed by atoms with Gasteiger partial charge < -0.3 is 19.1 Å². The standard InChI is InChI=1S/C21H27NO5/c1-5-11-22-13-17(20(23)25-3)19(18(14-22)21(24)26-4)15-7-9-16(10-8-15)27-12-6-2/h7-10,13-14,19H,5-6,11-12H2,1-4H3. The minimum absolute atomic E-state index is 0.399. The van der Waals surface area contributed by atoms with E-state index in [0.29, 0.717) is 24.3 Å². The lowest BCUT2D eigenvalue weighted by Gasteiger charge is -2.30. The summed E-state index contributed by atoms with van der Waals surface area (Å²) in [5.74, 6) is -0.752. The van der Waals surface area contributed by atoms with Gasteiger partial charge in [0.05, 0.1) is 37.9 Å². The van der Waals surface area contributed by atoms with Gasteiger partial charge in [-0.15, -0.1) is 0 Å². The molecule has 1 aliphatic rings. The summed E-state index contributed by atoms with van der Waals surface area (Å²) in [7, 11) is 2.67. The number of hydrogen-bond acceptors (Lipinski definition) is 6. The fraction of sp³-hybridized carbons (Fsp3) is 0.429. The number of esters is 2. The Labute approximate surface area is 160 Å². The summed E-state index contributed by atoms with van der Waals surface area (Å²) in [5.41, 5.74) is 1.59. The number of carbonyl (C=O) groups excluding carboxylic acids is 2. The fourth-order valence-electron chi connectivity index (χ4n) is 3.01. The van der Waals surface area contributed by atoms with E-state index in [1.54, 1.807) is 12.4 Å². The number of ether oxygens (including phenoxy) is 3. The van der Waals surface area contributed by atoms with Crippen LogP contribution in [0.1, 0.15) is 38.2 Å². The highest BCUT2D eigenvalue weighted by molar-refractivity contribution is 5.98. The van der Waals surface area contributed by atoms with Crippen molar-refractivity contribution in [2.24, 2.45) is 0 Å². The van der Waals surface area contributed by atoms with Crippen LogP contribution in [0.2, 0.25) is 0 Å². The zero-order chi connectivity index (χ0) is 19.8. The summed E-state index contributed by atoms with van der Waals surface area (Å²) >= 11 is 0. The van der Waals surface area contributed by atoms with Crippen molar-refractivity contribution in [3.63, 3.8) is 0 Å². The molecule has 0 saturated heterocycles. The van der Waals surface area contributed by atoms with Crippen LogP contribution in [0.3, 0.4) is 0 Å². The second-order valence-electron chi connectivity index (χ2n) is 6.24. The van der Waals surface area contributed by atoms with E-state index in [1.165, 1.54) is 14.2 Å². The molecule has 0 aliphatic carbocycles. The Bertz CT molecular complexity index is 687. The average Bonchev–Trinajstić information content (AvgIpc) is 2.71. The molecule has 0 atom stereocenters. The van der Waals surface area contributed by atoms with Crippen molar-refractivity contribution in [1.82, 2.24) is 4.90 Å². The zero-order valence-corrected chi connectivity index (χ0v) is 16.4. The van der Waals surface area contributed by atoms with Gasteiger partial charge >= 0.3 is 11.9 Å². The maximum absolute atomic E-state index is 12.4. The first kappa shape index (κ1) is 20.6. The molecule has 0 amide bonds. The molecule has 0 bridgehead atoms. The lowest BCUT2D eigenvalue weighted by atomic mass is 9.83. The van der Waals surface area contributed by atoms with Crippen molar-refractivity contribution in [1.29, 1.82) is 0 Å². The van der Waals surface area contributed by atoms with Gasteiger partial charge in [-0.2, -0.15) is 0 Å². The molecule has 0 saturated carbocycles. The van der Waals surface area contributed by atoms with Gasteiger partial charge in [0.1, 0.15) is 5.75 Å². The molecule has 0 N–H and O–H groups in total. The van der Waals surface area contributed by atoms with Crippen LogP contribution in [0.25, 0.3) is 0 Å². The van der Waals surface area contributed by atoms with Crippen LogP contribution in [0.15, 0.2) is 47.8 Å². The maximum atomic E-state index is 12.4. The number of carbonyl (C=O) groups is 2. The molecular formula is C21H27NO5. The van der Waals surface area contributed by atoms with E-state index >= 15 is 0 Å².